The summed E-state index contributed by atoms with van der Waals surface area (Å²) in [5.41, 5.74) is 0.236. The Morgan fingerprint density at radius 2 is 2.00 bits per heavy atom. The molecule has 0 aromatic rings. The van der Waals surface area contributed by atoms with E-state index in [0.717, 1.165) is 6.42 Å². The maximum atomic E-state index is 10.8. The quantitative estimate of drug-likeness (QED) is 0.649. The van der Waals surface area contributed by atoms with Crippen LogP contribution in [0.4, 0.5) is 0 Å². The number of likely N-dealkylation sites (N-methyl/N-ethyl adjacent to an activating group) is 1. The second-order valence-electron chi connectivity index (χ2n) is 4.06. The number of esters is 1. The molecule has 0 aromatic carbocycles. The summed E-state index contributed by atoms with van der Waals surface area (Å²) in [7, 11) is 1.73. The van der Waals surface area contributed by atoms with Gasteiger partial charge in [0.05, 0.1) is 13.2 Å². The first-order valence-electron chi connectivity index (χ1n) is 4.26. The highest BCUT2D eigenvalue weighted by Crippen LogP contribution is 2.17. The van der Waals surface area contributed by atoms with Gasteiger partial charge in [-0.05, 0) is 18.9 Å². The monoisotopic (exact) mass is 173 g/mol. The molecule has 1 N–H and O–H groups in total. The highest BCUT2D eigenvalue weighted by Gasteiger charge is 2.10. The normalized spacial score (nSPS) is 11.3. The van der Waals surface area contributed by atoms with E-state index in [9.17, 15) is 4.79 Å². The van der Waals surface area contributed by atoms with Crippen molar-refractivity contribution in [3.8, 4) is 0 Å². The molecule has 0 radical (unpaired) electrons. The Labute approximate surface area is 74.5 Å². The fourth-order valence-corrected chi connectivity index (χ4v) is 0.666. The van der Waals surface area contributed by atoms with Crippen LogP contribution in [0.1, 0.15) is 27.2 Å². The molecule has 0 aliphatic heterocycles. The number of rotatable bonds is 4. The van der Waals surface area contributed by atoms with Gasteiger partial charge < -0.3 is 10.1 Å². The summed E-state index contributed by atoms with van der Waals surface area (Å²) < 4.78 is 4.96. The predicted molar refractivity (Wildman–Crippen MR) is 49.0 cm³/mol. The SMILES string of the molecule is CNCC(=O)OCCC(C)(C)C. The van der Waals surface area contributed by atoms with Gasteiger partial charge in [0.25, 0.3) is 0 Å². The fraction of sp³-hybridized carbons (Fsp3) is 0.889. The van der Waals surface area contributed by atoms with Gasteiger partial charge in [-0.15, -0.1) is 0 Å². The molecule has 0 amide bonds. The van der Waals surface area contributed by atoms with Gasteiger partial charge in [0, 0.05) is 0 Å². The summed E-state index contributed by atoms with van der Waals surface area (Å²) in [5, 5.41) is 2.74. The third-order valence-electron chi connectivity index (χ3n) is 1.44. The van der Waals surface area contributed by atoms with E-state index in [1.54, 1.807) is 7.05 Å². The molecule has 0 bridgehead atoms. The first-order valence-corrected chi connectivity index (χ1v) is 4.26. The molecule has 0 aliphatic carbocycles. The van der Waals surface area contributed by atoms with Gasteiger partial charge in [-0.1, -0.05) is 20.8 Å². The van der Waals surface area contributed by atoms with E-state index in [0.29, 0.717) is 13.2 Å². The Hall–Kier alpha value is -0.570. The van der Waals surface area contributed by atoms with Gasteiger partial charge in [0.2, 0.25) is 0 Å². The molecule has 0 saturated heterocycles. The summed E-state index contributed by atoms with van der Waals surface area (Å²) in [6.07, 6.45) is 0.905. The Kier molecular flexibility index (Phi) is 4.90. The highest BCUT2D eigenvalue weighted by atomic mass is 16.5. The van der Waals surface area contributed by atoms with Crippen LogP contribution in [-0.4, -0.2) is 26.2 Å². The molecule has 3 nitrogen and oxygen atoms in total. The smallest absolute Gasteiger partial charge is 0.319 e. The third kappa shape index (κ3) is 7.54. The van der Waals surface area contributed by atoms with Crippen LogP contribution in [0, 0.1) is 5.41 Å². The van der Waals surface area contributed by atoms with E-state index >= 15 is 0 Å². The largest absolute Gasteiger partial charge is 0.465 e. The van der Waals surface area contributed by atoms with E-state index in [-0.39, 0.29) is 11.4 Å². The first-order chi connectivity index (χ1) is 5.45. The molecule has 0 saturated carbocycles. The van der Waals surface area contributed by atoms with Crippen LogP contribution in [0.3, 0.4) is 0 Å². The average Bonchev–Trinajstić information content (AvgIpc) is 1.84. The van der Waals surface area contributed by atoms with Gasteiger partial charge in [-0.25, -0.2) is 0 Å². The number of hydrogen-bond acceptors (Lipinski definition) is 3. The van der Waals surface area contributed by atoms with Crippen LogP contribution in [0.15, 0.2) is 0 Å². The van der Waals surface area contributed by atoms with E-state index in [1.807, 2.05) is 0 Å². The molecule has 0 heterocycles. The average molecular weight is 173 g/mol. The standard InChI is InChI=1S/C9H19NO2/c1-9(2,3)5-6-12-8(11)7-10-4/h10H,5-7H2,1-4H3. The van der Waals surface area contributed by atoms with Gasteiger partial charge in [-0.3, -0.25) is 4.79 Å². The van der Waals surface area contributed by atoms with Gasteiger partial charge >= 0.3 is 5.97 Å². The maximum absolute atomic E-state index is 10.8. The van der Waals surface area contributed by atoms with Crippen LogP contribution in [-0.2, 0) is 9.53 Å². The predicted octanol–water partition coefficient (Wildman–Crippen LogP) is 1.19. The van der Waals surface area contributed by atoms with Crippen molar-refractivity contribution in [3.63, 3.8) is 0 Å². The molecular formula is C9H19NO2. The molecule has 0 unspecified atom stereocenters. The molecule has 0 fully saturated rings. The second-order valence-corrected chi connectivity index (χ2v) is 4.06. The zero-order valence-electron chi connectivity index (χ0n) is 8.44. The Balaban J connectivity index is 3.37. The highest BCUT2D eigenvalue weighted by molar-refractivity contribution is 5.71. The lowest BCUT2D eigenvalue weighted by molar-refractivity contribution is -0.143. The number of ether oxygens (including phenoxy) is 1. The lowest BCUT2D eigenvalue weighted by Gasteiger charge is -2.17. The Morgan fingerprint density at radius 1 is 1.42 bits per heavy atom. The van der Waals surface area contributed by atoms with Crippen molar-refractivity contribution in [1.82, 2.24) is 5.32 Å². The molecule has 0 aliphatic rings. The lowest BCUT2D eigenvalue weighted by Crippen LogP contribution is -2.22. The van der Waals surface area contributed by atoms with Crippen LogP contribution in [0.2, 0.25) is 0 Å². The van der Waals surface area contributed by atoms with Crippen LogP contribution in [0.25, 0.3) is 0 Å². The van der Waals surface area contributed by atoms with Crippen molar-refractivity contribution >= 4 is 5.97 Å². The maximum Gasteiger partial charge on any atom is 0.319 e. The van der Waals surface area contributed by atoms with Crippen LogP contribution >= 0.6 is 0 Å². The molecular weight excluding hydrogens is 154 g/mol. The minimum Gasteiger partial charge on any atom is -0.465 e. The van der Waals surface area contributed by atoms with E-state index < -0.39 is 0 Å². The molecule has 0 atom stereocenters. The lowest BCUT2D eigenvalue weighted by atomic mass is 9.93. The van der Waals surface area contributed by atoms with E-state index in [2.05, 4.69) is 26.1 Å². The summed E-state index contributed by atoms with van der Waals surface area (Å²) in [6.45, 7) is 7.19. The molecule has 0 rings (SSSR count). The Morgan fingerprint density at radius 3 is 2.42 bits per heavy atom. The van der Waals surface area contributed by atoms with Crippen molar-refractivity contribution in [2.24, 2.45) is 5.41 Å². The van der Waals surface area contributed by atoms with Crippen LogP contribution in [0.5, 0.6) is 0 Å². The molecule has 12 heavy (non-hydrogen) atoms. The zero-order chi connectivity index (χ0) is 9.61. The molecule has 72 valence electrons. The Bertz CT molecular complexity index is 138. The topological polar surface area (TPSA) is 38.3 Å². The summed E-state index contributed by atoms with van der Waals surface area (Å²) in [4.78, 5) is 10.8. The molecule has 3 heteroatoms. The third-order valence-corrected chi connectivity index (χ3v) is 1.44. The van der Waals surface area contributed by atoms with Gasteiger partial charge in [0.1, 0.15) is 0 Å². The molecule has 0 aromatic heterocycles. The second kappa shape index (κ2) is 5.14. The van der Waals surface area contributed by atoms with Gasteiger partial charge in [0.15, 0.2) is 0 Å². The van der Waals surface area contributed by atoms with Crippen LogP contribution < -0.4 is 5.32 Å². The van der Waals surface area contributed by atoms with E-state index in [4.69, 9.17) is 4.74 Å². The number of carbonyl (C=O) groups excluding carboxylic acids is 1. The number of nitrogens with one attached hydrogen (secondary N) is 1. The minimum atomic E-state index is -0.179. The van der Waals surface area contributed by atoms with Crippen molar-refractivity contribution in [2.45, 2.75) is 27.2 Å². The van der Waals surface area contributed by atoms with Gasteiger partial charge in [-0.2, -0.15) is 0 Å². The van der Waals surface area contributed by atoms with Crippen molar-refractivity contribution < 1.29 is 9.53 Å². The van der Waals surface area contributed by atoms with Crippen molar-refractivity contribution in [3.05, 3.63) is 0 Å². The zero-order valence-corrected chi connectivity index (χ0v) is 8.44. The summed E-state index contributed by atoms with van der Waals surface area (Å²) in [6, 6.07) is 0. The number of carbonyl (C=O) groups is 1. The molecule has 0 spiro atoms. The minimum absolute atomic E-state index is 0.179. The number of hydrogen-bond donors (Lipinski definition) is 1. The first kappa shape index (κ1) is 11.4. The van der Waals surface area contributed by atoms with Crippen molar-refractivity contribution in [1.29, 1.82) is 0 Å². The summed E-state index contributed by atoms with van der Waals surface area (Å²) >= 11 is 0. The van der Waals surface area contributed by atoms with E-state index in [1.165, 1.54) is 0 Å². The summed E-state index contributed by atoms with van der Waals surface area (Å²) in [5.74, 6) is -0.179. The van der Waals surface area contributed by atoms with Crippen molar-refractivity contribution in [2.75, 3.05) is 20.2 Å². The fourth-order valence-electron chi connectivity index (χ4n) is 0.666.